The average Bonchev–Trinajstić information content (AvgIpc) is 3.01. The first-order valence-electron chi connectivity index (χ1n) is 8.52. The zero-order valence-corrected chi connectivity index (χ0v) is 13.6. The van der Waals surface area contributed by atoms with Gasteiger partial charge in [-0.25, -0.2) is 0 Å². The second-order valence-corrected chi connectivity index (χ2v) is 6.44. The fourth-order valence-corrected chi connectivity index (χ4v) is 3.73. The molecule has 3 rings (SSSR count). The smallest absolute Gasteiger partial charge is 0.239 e. The van der Waals surface area contributed by atoms with Gasteiger partial charge in [-0.2, -0.15) is 4.98 Å². The van der Waals surface area contributed by atoms with Crippen LogP contribution < -0.4 is 0 Å². The van der Waals surface area contributed by atoms with Crippen LogP contribution in [0.15, 0.2) is 4.52 Å². The van der Waals surface area contributed by atoms with Gasteiger partial charge in [-0.05, 0) is 38.8 Å². The first-order chi connectivity index (χ1) is 10.7. The van der Waals surface area contributed by atoms with Crippen LogP contribution in [-0.4, -0.2) is 58.1 Å². The van der Waals surface area contributed by atoms with Crippen LogP contribution >= 0.6 is 0 Å². The van der Waals surface area contributed by atoms with Gasteiger partial charge in [0.15, 0.2) is 5.82 Å². The molecule has 0 radical (unpaired) electrons. The molecule has 0 N–H and O–H groups in total. The lowest BCUT2D eigenvalue weighted by Gasteiger charge is -2.39. The number of piperidine rings is 2. The van der Waals surface area contributed by atoms with Crippen molar-refractivity contribution in [1.29, 1.82) is 0 Å². The van der Waals surface area contributed by atoms with E-state index in [4.69, 9.17) is 4.52 Å². The van der Waals surface area contributed by atoms with Crippen LogP contribution in [0.5, 0.6) is 0 Å². The van der Waals surface area contributed by atoms with Crippen molar-refractivity contribution in [2.24, 2.45) is 0 Å². The number of hydrogen-bond acceptors (Lipinski definition) is 5. The molecule has 2 atom stereocenters. The van der Waals surface area contributed by atoms with Crippen LogP contribution in [0.25, 0.3) is 0 Å². The Labute approximate surface area is 131 Å². The molecule has 2 aliphatic heterocycles. The molecule has 3 heterocycles. The van der Waals surface area contributed by atoms with Crippen LogP contribution in [-0.2, 0) is 4.79 Å². The standard InChI is InChI=1S/C16H26N4O2/c1-3-19-9-5-4-8-14(19)16(21)20-10-6-7-13(11-20)15-17-12(2)22-18-15/h13-14H,3-11H2,1-2H3/t13-,14+/m1/s1. The van der Waals surface area contributed by atoms with Gasteiger partial charge in [0.2, 0.25) is 11.8 Å². The van der Waals surface area contributed by atoms with Crippen LogP contribution in [0.3, 0.4) is 0 Å². The Balaban J connectivity index is 1.67. The maximum atomic E-state index is 12.9. The number of carbonyl (C=O) groups excluding carboxylic acids is 1. The highest BCUT2D eigenvalue weighted by molar-refractivity contribution is 5.82. The Morgan fingerprint density at radius 2 is 2.14 bits per heavy atom. The summed E-state index contributed by atoms with van der Waals surface area (Å²) in [7, 11) is 0. The van der Waals surface area contributed by atoms with Gasteiger partial charge in [0.05, 0.1) is 6.04 Å². The second-order valence-electron chi connectivity index (χ2n) is 6.44. The molecular formula is C16H26N4O2. The summed E-state index contributed by atoms with van der Waals surface area (Å²) in [5.74, 6) is 1.87. The van der Waals surface area contributed by atoms with E-state index in [0.29, 0.717) is 11.8 Å². The molecule has 22 heavy (non-hydrogen) atoms. The Bertz CT molecular complexity index is 516. The molecule has 6 nitrogen and oxygen atoms in total. The van der Waals surface area contributed by atoms with Gasteiger partial charge >= 0.3 is 0 Å². The van der Waals surface area contributed by atoms with E-state index in [1.807, 2.05) is 11.8 Å². The topological polar surface area (TPSA) is 62.5 Å². The van der Waals surface area contributed by atoms with Crippen molar-refractivity contribution in [2.45, 2.75) is 57.9 Å². The molecule has 0 saturated carbocycles. The van der Waals surface area contributed by atoms with Gasteiger partial charge in [0.1, 0.15) is 0 Å². The molecule has 122 valence electrons. The first-order valence-corrected chi connectivity index (χ1v) is 8.52. The van der Waals surface area contributed by atoms with E-state index in [2.05, 4.69) is 22.0 Å². The SMILES string of the molecule is CCN1CCCC[C@H]1C(=O)N1CCC[C@@H](c2noc(C)n2)C1. The zero-order valence-electron chi connectivity index (χ0n) is 13.6. The number of likely N-dealkylation sites (N-methyl/N-ethyl adjacent to an activating group) is 1. The number of carbonyl (C=O) groups is 1. The van der Waals surface area contributed by atoms with Gasteiger partial charge < -0.3 is 9.42 Å². The number of hydrogen-bond donors (Lipinski definition) is 0. The fraction of sp³-hybridized carbons (Fsp3) is 0.812. The summed E-state index contributed by atoms with van der Waals surface area (Å²) in [5, 5.41) is 4.04. The van der Waals surface area contributed by atoms with Crippen LogP contribution in [0.4, 0.5) is 0 Å². The molecule has 0 bridgehead atoms. The number of amides is 1. The molecule has 0 unspecified atom stereocenters. The van der Waals surface area contributed by atoms with Crippen LogP contribution in [0, 0.1) is 6.92 Å². The van der Waals surface area contributed by atoms with Crippen molar-refractivity contribution in [2.75, 3.05) is 26.2 Å². The minimum absolute atomic E-state index is 0.0736. The molecule has 2 saturated heterocycles. The van der Waals surface area contributed by atoms with E-state index in [1.165, 1.54) is 6.42 Å². The van der Waals surface area contributed by atoms with E-state index in [1.54, 1.807) is 0 Å². The van der Waals surface area contributed by atoms with Gasteiger partial charge in [-0.15, -0.1) is 0 Å². The van der Waals surface area contributed by atoms with E-state index in [9.17, 15) is 4.79 Å². The third kappa shape index (κ3) is 3.16. The summed E-state index contributed by atoms with van der Waals surface area (Å²) in [6.07, 6.45) is 5.42. The summed E-state index contributed by atoms with van der Waals surface area (Å²) in [6, 6.07) is 0.0736. The van der Waals surface area contributed by atoms with Crippen LogP contribution in [0.2, 0.25) is 0 Å². The quantitative estimate of drug-likeness (QED) is 0.854. The minimum Gasteiger partial charge on any atom is -0.341 e. The minimum atomic E-state index is 0.0736. The monoisotopic (exact) mass is 306 g/mol. The molecule has 2 aliphatic rings. The molecule has 1 aromatic heterocycles. The molecular weight excluding hydrogens is 280 g/mol. The number of nitrogens with zero attached hydrogens (tertiary/aromatic N) is 4. The average molecular weight is 306 g/mol. The van der Waals surface area contributed by atoms with Crippen molar-refractivity contribution in [3.63, 3.8) is 0 Å². The van der Waals surface area contributed by atoms with Crippen molar-refractivity contribution < 1.29 is 9.32 Å². The van der Waals surface area contributed by atoms with Gasteiger partial charge in [0, 0.05) is 25.9 Å². The normalized spacial score (nSPS) is 27.1. The van der Waals surface area contributed by atoms with Crippen LogP contribution in [0.1, 0.15) is 56.7 Å². The maximum Gasteiger partial charge on any atom is 0.239 e. The second kappa shape index (κ2) is 6.77. The van der Waals surface area contributed by atoms with E-state index < -0.39 is 0 Å². The lowest BCUT2D eigenvalue weighted by Crippen LogP contribution is -2.52. The molecule has 0 aromatic carbocycles. The molecule has 0 aliphatic carbocycles. The summed E-state index contributed by atoms with van der Waals surface area (Å²) in [6.45, 7) is 7.55. The fourth-order valence-electron chi connectivity index (χ4n) is 3.73. The van der Waals surface area contributed by atoms with Gasteiger partial charge in [-0.1, -0.05) is 18.5 Å². The lowest BCUT2D eigenvalue weighted by atomic mass is 9.95. The number of aryl methyl sites for hydroxylation is 1. The molecule has 1 amide bonds. The summed E-state index contributed by atoms with van der Waals surface area (Å²) < 4.78 is 5.09. The third-order valence-electron chi connectivity index (χ3n) is 4.95. The molecule has 6 heteroatoms. The van der Waals surface area contributed by atoms with Crippen molar-refractivity contribution in [3.05, 3.63) is 11.7 Å². The lowest BCUT2D eigenvalue weighted by molar-refractivity contribution is -0.139. The highest BCUT2D eigenvalue weighted by atomic mass is 16.5. The predicted molar refractivity (Wildman–Crippen MR) is 82.5 cm³/mol. The van der Waals surface area contributed by atoms with E-state index in [-0.39, 0.29) is 12.0 Å². The Morgan fingerprint density at radius 1 is 1.27 bits per heavy atom. The third-order valence-corrected chi connectivity index (χ3v) is 4.95. The van der Waals surface area contributed by atoms with E-state index >= 15 is 0 Å². The maximum absolute atomic E-state index is 12.9. The summed E-state index contributed by atoms with van der Waals surface area (Å²) in [5.41, 5.74) is 0. The number of rotatable bonds is 3. The molecule has 0 spiro atoms. The van der Waals surface area contributed by atoms with Gasteiger partial charge in [-0.3, -0.25) is 9.69 Å². The Morgan fingerprint density at radius 3 is 2.86 bits per heavy atom. The largest absolute Gasteiger partial charge is 0.341 e. The molecule has 2 fully saturated rings. The zero-order chi connectivity index (χ0) is 15.5. The Hall–Kier alpha value is -1.43. The van der Waals surface area contributed by atoms with Crippen molar-refractivity contribution >= 4 is 5.91 Å². The highest BCUT2D eigenvalue weighted by Crippen LogP contribution is 2.27. The van der Waals surface area contributed by atoms with E-state index in [0.717, 1.165) is 57.7 Å². The first kappa shape index (κ1) is 15.5. The van der Waals surface area contributed by atoms with Crippen molar-refractivity contribution in [1.82, 2.24) is 19.9 Å². The molecule has 1 aromatic rings. The predicted octanol–water partition coefficient (Wildman–Crippen LogP) is 1.96. The number of aromatic nitrogens is 2. The summed E-state index contributed by atoms with van der Waals surface area (Å²) >= 11 is 0. The van der Waals surface area contributed by atoms with Gasteiger partial charge in [0.25, 0.3) is 0 Å². The summed E-state index contributed by atoms with van der Waals surface area (Å²) in [4.78, 5) is 21.6. The highest BCUT2D eigenvalue weighted by Gasteiger charge is 2.34. The Kier molecular flexibility index (Phi) is 4.76. The number of likely N-dealkylation sites (tertiary alicyclic amines) is 2. The van der Waals surface area contributed by atoms with Crippen molar-refractivity contribution in [3.8, 4) is 0 Å².